The minimum absolute atomic E-state index is 0.0715. The summed E-state index contributed by atoms with van der Waals surface area (Å²) in [6.45, 7) is 0.882. The number of hydrogen-bond acceptors (Lipinski definition) is 3. The fourth-order valence-electron chi connectivity index (χ4n) is 0.849. The Hall–Kier alpha value is -1.10. The molecule has 5 nitrogen and oxygen atoms in total. The van der Waals surface area contributed by atoms with Crippen molar-refractivity contribution in [1.29, 1.82) is 0 Å². The summed E-state index contributed by atoms with van der Waals surface area (Å²) >= 11 is 0. The van der Waals surface area contributed by atoms with Crippen molar-refractivity contribution in [2.24, 2.45) is 5.73 Å². The quantitative estimate of drug-likeness (QED) is 0.478. The van der Waals surface area contributed by atoms with E-state index in [1.54, 1.807) is 0 Å². The smallest absolute Gasteiger partial charge is 0.303 e. The lowest BCUT2D eigenvalue weighted by Gasteiger charge is -2.02. The maximum absolute atomic E-state index is 10.8. The first-order valence-corrected chi connectivity index (χ1v) is 4.35. The summed E-state index contributed by atoms with van der Waals surface area (Å²) in [5.74, 6) is -0.869. The molecule has 0 aromatic carbocycles. The van der Waals surface area contributed by atoms with Gasteiger partial charge in [0.25, 0.3) is 0 Å². The molecule has 76 valence electrons. The second kappa shape index (κ2) is 7.54. The first-order valence-electron chi connectivity index (χ1n) is 4.35. The molecular formula is C8H16N2O3. The predicted octanol–water partition coefficient (Wildman–Crippen LogP) is -0.294. The third kappa shape index (κ3) is 8.81. The van der Waals surface area contributed by atoms with Crippen LogP contribution in [0.5, 0.6) is 0 Å². The molecule has 0 aliphatic carbocycles. The van der Waals surface area contributed by atoms with E-state index in [4.69, 9.17) is 10.8 Å². The zero-order valence-electron chi connectivity index (χ0n) is 7.58. The number of unbranched alkanes of at least 4 members (excludes halogenated alkanes) is 1. The van der Waals surface area contributed by atoms with E-state index in [-0.39, 0.29) is 12.3 Å². The number of nitrogens with one attached hydrogen (secondary N) is 1. The summed E-state index contributed by atoms with van der Waals surface area (Å²) in [7, 11) is 0. The van der Waals surface area contributed by atoms with Crippen LogP contribution >= 0.6 is 0 Å². The maximum atomic E-state index is 10.8. The van der Waals surface area contributed by atoms with Gasteiger partial charge in [0.1, 0.15) is 0 Å². The molecule has 1 amide bonds. The van der Waals surface area contributed by atoms with Crippen molar-refractivity contribution in [2.75, 3.05) is 13.1 Å². The Labute approximate surface area is 77.3 Å². The van der Waals surface area contributed by atoms with Gasteiger partial charge in [-0.05, 0) is 12.8 Å². The molecule has 5 heteroatoms. The van der Waals surface area contributed by atoms with Crippen molar-refractivity contribution in [1.82, 2.24) is 5.32 Å². The van der Waals surface area contributed by atoms with Gasteiger partial charge in [0.2, 0.25) is 5.91 Å². The lowest BCUT2D eigenvalue weighted by molar-refractivity contribution is -0.137. The number of rotatable bonds is 7. The van der Waals surface area contributed by atoms with Crippen molar-refractivity contribution >= 4 is 11.9 Å². The zero-order valence-corrected chi connectivity index (χ0v) is 7.58. The highest BCUT2D eigenvalue weighted by Gasteiger charge is 1.99. The van der Waals surface area contributed by atoms with Crippen molar-refractivity contribution in [2.45, 2.75) is 25.7 Å². The number of hydrogen-bond donors (Lipinski definition) is 3. The Morgan fingerprint density at radius 3 is 2.46 bits per heavy atom. The second-order valence-corrected chi connectivity index (χ2v) is 2.74. The molecule has 0 aliphatic heterocycles. The highest BCUT2D eigenvalue weighted by atomic mass is 16.4. The molecule has 13 heavy (non-hydrogen) atoms. The first kappa shape index (κ1) is 11.9. The summed E-state index contributed by atoms with van der Waals surface area (Å²) < 4.78 is 0. The summed E-state index contributed by atoms with van der Waals surface area (Å²) in [6.07, 6.45) is 1.78. The third-order valence-corrected chi connectivity index (χ3v) is 1.51. The number of carboxylic acid groups (broad SMARTS) is 1. The molecule has 0 aromatic rings. The van der Waals surface area contributed by atoms with Crippen molar-refractivity contribution in [3.05, 3.63) is 0 Å². The molecule has 0 unspecified atom stereocenters. The van der Waals surface area contributed by atoms with Gasteiger partial charge >= 0.3 is 5.97 Å². The van der Waals surface area contributed by atoms with Crippen LogP contribution in [0, 0.1) is 0 Å². The van der Waals surface area contributed by atoms with E-state index in [1.807, 2.05) is 0 Å². The van der Waals surface area contributed by atoms with Crippen LogP contribution in [0.2, 0.25) is 0 Å². The molecule has 0 fully saturated rings. The van der Waals surface area contributed by atoms with Crippen LogP contribution in [0.1, 0.15) is 25.7 Å². The highest BCUT2D eigenvalue weighted by Crippen LogP contribution is 1.93. The van der Waals surface area contributed by atoms with Gasteiger partial charge in [-0.2, -0.15) is 0 Å². The van der Waals surface area contributed by atoms with E-state index in [9.17, 15) is 9.59 Å². The fraction of sp³-hybridized carbons (Fsp3) is 0.750. The van der Waals surface area contributed by atoms with Gasteiger partial charge in [0.05, 0.1) is 0 Å². The molecule has 0 heterocycles. The first-order chi connectivity index (χ1) is 6.16. The number of aliphatic carboxylic acids is 1. The van der Waals surface area contributed by atoms with Crippen molar-refractivity contribution in [3.63, 3.8) is 0 Å². The van der Waals surface area contributed by atoms with Crippen LogP contribution in [0.25, 0.3) is 0 Å². The summed E-state index contributed by atoms with van der Waals surface area (Å²) in [6, 6.07) is 0. The van der Waals surface area contributed by atoms with E-state index < -0.39 is 5.97 Å². The molecule has 0 atom stereocenters. The molecule has 0 radical (unpaired) electrons. The molecule has 0 bridgehead atoms. The number of carboxylic acids is 1. The lowest BCUT2D eigenvalue weighted by Crippen LogP contribution is -2.26. The van der Waals surface area contributed by atoms with Gasteiger partial charge in [-0.25, -0.2) is 0 Å². The van der Waals surface area contributed by atoms with Gasteiger partial charge < -0.3 is 16.2 Å². The number of amides is 1. The van der Waals surface area contributed by atoms with Crippen LogP contribution < -0.4 is 11.1 Å². The topological polar surface area (TPSA) is 92.4 Å². The Morgan fingerprint density at radius 2 is 1.92 bits per heavy atom. The van der Waals surface area contributed by atoms with Gasteiger partial charge in [-0.1, -0.05) is 0 Å². The molecule has 0 saturated heterocycles. The second-order valence-electron chi connectivity index (χ2n) is 2.74. The number of carbonyl (C=O) groups excluding carboxylic acids is 1. The lowest BCUT2D eigenvalue weighted by atomic mass is 10.2. The van der Waals surface area contributed by atoms with Gasteiger partial charge in [0, 0.05) is 25.9 Å². The van der Waals surface area contributed by atoms with Crippen molar-refractivity contribution in [3.8, 4) is 0 Å². The van der Waals surface area contributed by atoms with E-state index in [1.165, 1.54) is 0 Å². The van der Waals surface area contributed by atoms with Gasteiger partial charge in [-0.15, -0.1) is 0 Å². The Kier molecular flexibility index (Phi) is 6.91. The minimum atomic E-state index is -0.798. The zero-order chi connectivity index (χ0) is 10.1. The molecular weight excluding hydrogens is 172 g/mol. The Bertz CT molecular complexity index is 171. The van der Waals surface area contributed by atoms with E-state index in [0.717, 1.165) is 0 Å². The van der Waals surface area contributed by atoms with E-state index in [2.05, 4.69) is 5.32 Å². The summed E-state index contributed by atoms with van der Waals surface area (Å²) in [4.78, 5) is 20.9. The fourth-order valence-corrected chi connectivity index (χ4v) is 0.849. The largest absolute Gasteiger partial charge is 0.481 e. The van der Waals surface area contributed by atoms with Crippen LogP contribution in [-0.4, -0.2) is 30.1 Å². The third-order valence-electron chi connectivity index (χ3n) is 1.51. The molecule has 0 rings (SSSR count). The highest BCUT2D eigenvalue weighted by molar-refractivity contribution is 5.75. The standard InChI is InChI=1S/C8H16N2O3/c9-5-4-7(11)10-6-2-1-3-8(12)13/h1-6,9H2,(H,10,11)(H,12,13). The Balaban J connectivity index is 3.16. The van der Waals surface area contributed by atoms with E-state index >= 15 is 0 Å². The summed E-state index contributed by atoms with van der Waals surface area (Å²) in [5.41, 5.74) is 5.16. The van der Waals surface area contributed by atoms with Gasteiger partial charge in [-0.3, -0.25) is 9.59 Å². The van der Waals surface area contributed by atoms with Crippen LogP contribution in [0.4, 0.5) is 0 Å². The van der Waals surface area contributed by atoms with Crippen LogP contribution in [0.15, 0.2) is 0 Å². The molecule has 0 spiro atoms. The van der Waals surface area contributed by atoms with E-state index in [0.29, 0.717) is 32.4 Å². The van der Waals surface area contributed by atoms with Crippen LogP contribution in [-0.2, 0) is 9.59 Å². The van der Waals surface area contributed by atoms with Gasteiger partial charge in [0.15, 0.2) is 0 Å². The maximum Gasteiger partial charge on any atom is 0.303 e. The predicted molar refractivity (Wildman–Crippen MR) is 48.2 cm³/mol. The molecule has 0 aromatic heterocycles. The molecule has 4 N–H and O–H groups in total. The monoisotopic (exact) mass is 188 g/mol. The number of nitrogens with two attached hydrogens (primary N) is 1. The summed E-state index contributed by atoms with van der Waals surface area (Å²) in [5, 5.41) is 10.9. The van der Waals surface area contributed by atoms with Crippen LogP contribution in [0.3, 0.4) is 0 Å². The molecule has 0 aliphatic rings. The average molecular weight is 188 g/mol. The molecule has 0 saturated carbocycles. The minimum Gasteiger partial charge on any atom is -0.481 e. The SMILES string of the molecule is NCCC(=O)NCCCCC(=O)O. The normalized spacial score (nSPS) is 9.62. The van der Waals surface area contributed by atoms with Crippen molar-refractivity contribution < 1.29 is 14.7 Å². The number of carbonyl (C=O) groups is 2. The average Bonchev–Trinajstić information content (AvgIpc) is 2.03. The Morgan fingerprint density at radius 1 is 1.23 bits per heavy atom.